The van der Waals surface area contributed by atoms with E-state index in [4.69, 9.17) is 16.3 Å². The average molecular weight is 591 g/mol. The van der Waals surface area contributed by atoms with Crippen LogP contribution in [-0.2, 0) is 0 Å². The van der Waals surface area contributed by atoms with Crippen molar-refractivity contribution in [2.75, 3.05) is 5.32 Å². The van der Waals surface area contributed by atoms with Crippen LogP contribution in [0.5, 0.6) is 5.75 Å². The molecule has 0 atom stereocenters. The predicted molar refractivity (Wildman–Crippen MR) is 151 cm³/mol. The van der Waals surface area contributed by atoms with Crippen molar-refractivity contribution < 1.29 is 19.1 Å². The van der Waals surface area contributed by atoms with Crippen LogP contribution >= 0.6 is 27.5 Å². The van der Waals surface area contributed by atoms with Crippen LogP contribution in [-0.4, -0.2) is 24.0 Å². The summed E-state index contributed by atoms with van der Waals surface area (Å²) in [5.41, 5.74) is 5.72. The summed E-state index contributed by atoms with van der Waals surface area (Å²) in [6.45, 7) is 1.93. The maximum Gasteiger partial charge on any atom is 0.343 e. The van der Waals surface area contributed by atoms with Gasteiger partial charge in [0.1, 0.15) is 5.75 Å². The number of anilines is 1. The molecule has 0 aromatic heterocycles. The summed E-state index contributed by atoms with van der Waals surface area (Å²) in [6, 6.07) is 25.0. The number of nitrogens with one attached hydrogen (secondary N) is 2. The molecule has 4 aromatic carbocycles. The van der Waals surface area contributed by atoms with E-state index in [9.17, 15) is 14.4 Å². The van der Waals surface area contributed by atoms with E-state index >= 15 is 0 Å². The second kappa shape index (κ2) is 12.3. The third-order valence-corrected chi connectivity index (χ3v) is 6.09. The van der Waals surface area contributed by atoms with E-state index in [-0.39, 0.29) is 11.7 Å². The maximum absolute atomic E-state index is 12.5. The highest BCUT2D eigenvalue weighted by Gasteiger charge is 2.12. The van der Waals surface area contributed by atoms with E-state index in [1.165, 1.54) is 6.21 Å². The summed E-state index contributed by atoms with van der Waals surface area (Å²) in [7, 11) is 0. The van der Waals surface area contributed by atoms with E-state index in [0.717, 1.165) is 10.0 Å². The standard InChI is InChI=1S/C29H21BrClN3O4/c1-18-2-4-21(5-3-18)29(37)38-26-15-10-23(30)16-22(26)17-32-34-28(36)20-8-13-25(14-9-20)33-27(35)19-6-11-24(31)12-7-19/h2-17H,1H3,(H,33,35)(H,34,36)/b32-17-. The fraction of sp³-hybridized carbons (Fsp3) is 0.0345. The number of amides is 2. The van der Waals surface area contributed by atoms with Crippen LogP contribution < -0.4 is 15.5 Å². The fourth-order valence-electron chi connectivity index (χ4n) is 3.30. The van der Waals surface area contributed by atoms with Gasteiger partial charge in [0.25, 0.3) is 11.8 Å². The third kappa shape index (κ3) is 7.15. The van der Waals surface area contributed by atoms with Crippen LogP contribution in [0.2, 0.25) is 5.02 Å². The number of esters is 1. The van der Waals surface area contributed by atoms with Crippen LogP contribution in [0.15, 0.2) is 101 Å². The lowest BCUT2D eigenvalue weighted by molar-refractivity contribution is 0.0734. The highest BCUT2D eigenvalue weighted by molar-refractivity contribution is 9.10. The first kappa shape index (κ1) is 26.8. The van der Waals surface area contributed by atoms with Gasteiger partial charge in [-0.3, -0.25) is 9.59 Å². The van der Waals surface area contributed by atoms with Gasteiger partial charge in [0.2, 0.25) is 0 Å². The molecule has 4 aromatic rings. The zero-order valence-corrected chi connectivity index (χ0v) is 22.4. The smallest absolute Gasteiger partial charge is 0.343 e. The summed E-state index contributed by atoms with van der Waals surface area (Å²) in [5.74, 6) is -0.965. The number of hydrogen-bond donors (Lipinski definition) is 2. The summed E-state index contributed by atoms with van der Waals surface area (Å²) in [6.07, 6.45) is 1.39. The van der Waals surface area contributed by atoms with E-state index in [0.29, 0.717) is 33.0 Å². The highest BCUT2D eigenvalue weighted by atomic mass is 79.9. The number of hydrogen-bond acceptors (Lipinski definition) is 5. The first-order valence-electron chi connectivity index (χ1n) is 11.4. The number of nitrogens with zero attached hydrogens (tertiary/aromatic N) is 1. The first-order chi connectivity index (χ1) is 18.3. The Kier molecular flexibility index (Phi) is 8.68. The van der Waals surface area contributed by atoms with Gasteiger partial charge in [-0.1, -0.05) is 45.2 Å². The Bertz CT molecular complexity index is 1500. The molecule has 2 N–H and O–H groups in total. The molecule has 0 spiro atoms. The van der Waals surface area contributed by atoms with Crippen molar-refractivity contribution in [3.8, 4) is 5.75 Å². The van der Waals surface area contributed by atoms with Gasteiger partial charge >= 0.3 is 5.97 Å². The number of aryl methyl sites for hydroxylation is 1. The van der Waals surface area contributed by atoms with Crippen molar-refractivity contribution in [3.05, 3.63) is 128 Å². The quantitative estimate of drug-likeness (QED) is 0.109. The number of ether oxygens (including phenoxy) is 1. The van der Waals surface area contributed by atoms with Crippen LogP contribution in [0, 0.1) is 6.92 Å². The number of rotatable bonds is 7. The van der Waals surface area contributed by atoms with Gasteiger partial charge in [-0.05, 0) is 85.8 Å². The van der Waals surface area contributed by atoms with E-state index < -0.39 is 11.9 Å². The second-order valence-corrected chi connectivity index (χ2v) is 9.53. The minimum atomic E-state index is -0.505. The number of benzene rings is 4. The van der Waals surface area contributed by atoms with Crippen molar-refractivity contribution in [1.29, 1.82) is 0 Å². The molecule has 0 aliphatic heterocycles. The molecule has 0 aliphatic rings. The number of hydrazone groups is 1. The fourth-order valence-corrected chi connectivity index (χ4v) is 3.80. The molecule has 4 rings (SSSR count). The Balaban J connectivity index is 1.38. The number of halogens is 2. The molecule has 0 bridgehead atoms. The summed E-state index contributed by atoms with van der Waals surface area (Å²) >= 11 is 9.24. The highest BCUT2D eigenvalue weighted by Crippen LogP contribution is 2.23. The molecule has 38 heavy (non-hydrogen) atoms. The average Bonchev–Trinajstić information content (AvgIpc) is 2.91. The zero-order valence-electron chi connectivity index (χ0n) is 20.1. The van der Waals surface area contributed by atoms with Crippen LogP contribution in [0.25, 0.3) is 0 Å². The molecule has 7 nitrogen and oxygen atoms in total. The Labute approximate surface area is 232 Å². The molecular weight excluding hydrogens is 570 g/mol. The van der Waals surface area contributed by atoms with E-state index in [1.807, 2.05) is 19.1 Å². The normalized spacial score (nSPS) is 10.7. The largest absolute Gasteiger partial charge is 0.422 e. The molecule has 0 radical (unpaired) electrons. The van der Waals surface area contributed by atoms with Crippen LogP contribution in [0.3, 0.4) is 0 Å². The molecule has 9 heteroatoms. The van der Waals surface area contributed by atoms with Gasteiger partial charge in [-0.2, -0.15) is 5.10 Å². The van der Waals surface area contributed by atoms with Crippen molar-refractivity contribution in [2.24, 2.45) is 5.10 Å². The lowest BCUT2D eigenvalue weighted by Crippen LogP contribution is -2.18. The van der Waals surface area contributed by atoms with E-state index in [1.54, 1.807) is 78.9 Å². The van der Waals surface area contributed by atoms with Crippen LogP contribution in [0.4, 0.5) is 5.69 Å². The Morgan fingerprint density at radius 2 is 1.42 bits per heavy atom. The topological polar surface area (TPSA) is 96.9 Å². The second-order valence-electron chi connectivity index (χ2n) is 8.18. The Morgan fingerprint density at radius 3 is 2.11 bits per heavy atom. The number of carbonyl (C=O) groups is 3. The number of carbonyl (C=O) groups excluding carboxylic acids is 3. The molecular formula is C29H21BrClN3O4. The maximum atomic E-state index is 12.5. The lowest BCUT2D eigenvalue weighted by Gasteiger charge is -2.08. The van der Waals surface area contributed by atoms with Crippen LogP contribution in [0.1, 0.15) is 42.2 Å². The van der Waals surface area contributed by atoms with Crippen molar-refractivity contribution in [3.63, 3.8) is 0 Å². The minimum Gasteiger partial charge on any atom is -0.422 e. The zero-order chi connectivity index (χ0) is 27.1. The van der Waals surface area contributed by atoms with Gasteiger partial charge in [0.05, 0.1) is 11.8 Å². The molecule has 0 heterocycles. The van der Waals surface area contributed by atoms with Gasteiger partial charge < -0.3 is 10.1 Å². The summed E-state index contributed by atoms with van der Waals surface area (Å²) in [5, 5.41) is 7.31. The van der Waals surface area contributed by atoms with Gasteiger partial charge in [0.15, 0.2) is 0 Å². The Morgan fingerprint density at radius 1 is 0.816 bits per heavy atom. The Hall–Kier alpha value is -4.27. The molecule has 0 unspecified atom stereocenters. The van der Waals surface area contributed by atoms with E-state index in [2.05, 4.69) is 31.8 Å². The molecule has 0 saturated heterocycles. The van der Waals surface area contributed by atoms with Gasteiger partial charge in [0, 0.05) is 31.9 Å². The van der Waals surface area contributed by atoms with Crippen molar-refractivity contribution >= 4 is 57.2 Å². The molecule has 0 saturated carbocycles. The molecule has 2 amide bonds. The molecule has 0 fully saturated rings. The van der Waals surface area contributed by atoms with Gasteiger partial charge in [-0.15, -0.1) is 0 Å². The summed E-state index contributed by atoms with van der Waals surface area (Å²) < 4.78 is 6.29. The minimum absolute atomic E-state index is 0.289. The van der Waals surface area contributed by atoms with Crippen molar-refractivity contribution in [1.82, 2.24) is 5.43 Å². The lowest BCUT2D eigenvalue weighted by atomic mass is 10.1. The summed E-state index contributed by atoms with van der Waals surface area (Å²) in [4.78, 5) is 37.4. The van der Waals surface area contributed by atoms with Crippen molar-refractivity contribution in [2.45, 2.75) is 6.92 Å². The first-order valence-corrected chi connectivity index (χ1v) is 12.5. The predicted octanol–water partition coefficient (Wildman–Crippen LogP) is 6.65. The molecule has 190 valence electrons. The SMILES string of the molecule is Cc1ccc(C(=O)Oc2ccc(Br)cc2/C=N\NC(=O)c2ccc(NC(=O)c3ccc(Cl)cc3)cc2)cc1. The monoisotopic (exact) mass is 589 g/mol. The third-order valence-electron chi connectivity index (χ3n) is 5.34. The van der Waals surface area contributed by atoms with Gasteiger partial charge in [-0.25, -0.2) is 10.2 Å². The molecule has 0 aliphatic carbocycles.